The van der Waals surface area contributed by atoms with E-state index in [9.17, 15) is 15.0 Å². The van der Waals surface area contributed by atoms with Gasteiger partial charge in [0.2, 0.25) is 0 Å². The van der Waals surface area contributed by atoms with Crippen LogP contribution in [0.15, 0.2) is 22.4 Å². The molecule has 1 aromatic rings. The van der Waals surface area contributed by atoms with Gasteiger partial charge in [0.25, 0.3) is 5.56 Å². The third kappa shape index (κ3) is 1.89. The summed E-state index contributed by atoms with van der Waals surface area (Å²) in [4.78, 5) is 14.1. The number of ether oxygens (including phenoxy) is 1. The maximum atomic E-state index is 11.4. The second-order valence-electron chi connectivity index (χ2n) is 4.31. The number of pyridine rings is 1. The zero-order valence-corrected chi connectivity index (χ0v) is 10.1. The smallest absolute Gasteiger partial charge is 0.251 e. The van der Waals surface area contributed by atoms with Gasteiger partial charge in [-0.3, -0.25) is 4.79 Å². The van der Waals surface area contributed by atoms with E-state index in [-0.39, 0.29) is 17.1 Å². The van der Waals surface area contributed by atoms with Crippen molar-refractivity contribution in [2.45, 2.75) is 26.1 Å². The molecule has 1 aromatic heterocycles. The Morgan fingerprint density at radius 2 is 2.11 bits per heavy atom. The van der Waals surface area contributed by atoms with Crippen molar-refractivity contribution in [1.82, 2.24) is 4.98 Å². The van der Waals surface area contributed by atoms with Crippen LogP contribution in [-0.2, 0) is 4.74 Å². The van der Waals surface area contributed by atoms with Gasteiger partial charge in [-0.2, -0.15) is 0 Å². The number of nitrogens with one attached hydrogen (secondary N) is 1. The lowest BCUT2D eigenvalue weighted by Gasteiger charge is -2.18. The minimum atomic E-state index is -1.24. The maximum absolute atomic E-state index is 11.4. The highest BCUT2D eigenvalue weighted by molar-refractivity contribution is 5.31. The van der Waals surface area contributed by atoms with E-state index < -0.39 is 18.8 Å². The Hall–Kier alpha value is -1.79. The number of hydrogen-bond acceptors (Lipinski definition) is 5. The minimum absolute atomic E-state index is 0.0456. The third-order valence-electron chi connectivity index (χ3n) is 3.04. The molecule has 4 N–H and O–H groups in total. The van der Waals surface area contributed by atoms with Gasteiger partial charge in [-0.1, -0.05) is 0 Å². The molecule has 0 spiro atoms. The number of hydrogen-bond donors (Lipinski definition) is 4. The Labute approximate surface area is 103 Å². The van der Waals surface area contributed by atoms with Crippen LogP contribution >= 0.6 is 0 Å². The number of aryl methyl sites for hydroxylation is 2. The predicted molar refractivity (Wildman–Crippen MR) is 63.1 cm³/mol. The van der Waals surface area contributed by atoms with Gasteiger partial charge < -0.3 is 25.0 Å². The third-order valence-corrected chi connectivity index (χ3v) is 3.04. The lowest BCUT2D eigenvalue weighted by molar-refractivity contribution is 0.0317. The van der Waals surface area contributed by atoms with Crippen LogP contribution < -0.4 is 5.56 Å². The lowest BCUT2D eigenvalue weighted by atomic mass is 10.0. The van der Waals surface area contributed by atoms with Gasteiger partial charge >= 0.3 is 0 Å². The number of rotatable bonds is 2. The molecule has 0 aromatic carbocycles. The van der Waals surface area contributed by atoms with Crippen molar-refractivity contribution >= 4 is 0 Å². The van der Waals surface area contributed by atoms with E-state index in [4.69, 9.17) is 9.84 Å². The fourth-order valence-corrected chi connectivity index (χ4v) is 1.98. The van der Waals surface area contributed by atoms with E-state index in [2.05, 4.69) is 4.98 Å². The average molecular weight is 253 g/mol. The largest absolute Gasteiger partial charge is 0.506 e. The zero-order chi connectivity index (χ0) is 13.4. The maximum Gasteiger partial charge on any atom is 0.251 e. The highest BCUT2D eigenvalue weighted by atomic mass is 16.5. The van der Waals surface area contributed by atoms with Gasteiger partial charge in [-0.05, 0) is 19.9 Å². The summed E-state index contributed by atoms with van der Waals surface area (Å²) >= 11 is 0. The number of aromatic nitrogens is 1. The van der Waals surface area contributed by atoms with Crippen LogP contribution in [0.3, 0.4) is 0 Å². The molecule has 0 amide bonds. The van der Waals surface area contributed by atoms with Crippen molar-refractivity contribution in [3.63, 3.8) is 0 Å². The topological polar surface area (TPSA) is 103 Å². The first-order valence-electron chi connectivity index (χ1n) is 5.53. The molecule has 1 aliphatic heterocycles. The van der Waals surface area contributed by atoms with E-state index in [1.165, 1.54) is 0 Å². The Kier molecular flexibility index (Phi) is 3.14. The van der Waals surface area contributed by atoms with Crippen molar-refractivity contribution < 1.29 is 20.1 Å². The van der Waals surface area contributed by atoms with Crippen LogP contribution in [0.25, 0.3) is 0 Å². The SMILES string of the molecule is Cc1[nH]c(=O)c(C)cc1[C@@H]1OC(CO)=C(O)C1O. The molecular formula is C12H15NO5. The van der Waals surface area contributed by atoms with Gasteiger partial charge in [-0.25, -0.2) is 0 Å². The highest BCUT2D eigenvalue weighted by Crippen LogP contribution is 2.35. The van der Waals surface area contributed by atoms with Crippen LogP contribution in [0.2, 0.25) is 0 Å². The zero-order valence-electron chi connectivity index (χ0n) is 10.1. The standard InChI is InChI=1S/C12H15NO5/c1-5-3-7(6(2)13-12(5)17)11-10(16)9(15)8(4-14)18-11/h3,10-11,14-16H,4H2,1-2H3,(H,13,17)/t10?,11-/m0/s1. The fourth-order valence-electron chi connectivity index (χ4n) is 1.98. The molecule has 6 nitrogen and oxygen atoms in total. The van der Waals surface area contributed by atoms with Gasteiger partial charge in [0.05, 0.1) is 0 Å². The van der Waals surface area contributed by atoms with Gasteiger partial charge in [0, 0.05) is 16.8 Å². The molecule has 0 bridgehead atoms. The van der Waals surface area contributed by atoms with E-state index in [1.54, 1.807) is 19.9 Å². The first-order chi connectivity index (χ1) is 8.45. The summed E-state index contributed by atoms with van der Waals surface area (Å²) in [6, 6.07) is 1.61. The van der Waals surface area contributed by atoms with E-state index in [0.717, 1.165) is 0 Å². The molecule has 6 heteroatoms. The molecule has 1 unspecified atom stereocenters. The summed E-state index contributed by atoms with van der Waals surface area (Å²) in [6.45, 7) is 2.84. The summed E-state index contributed by atoms with van der Waals surface area (Å²) in [5.74, 6) is -0.415. The second kappa shape index (κ2) is 4.47. The molecule has 0 fully saturated rings. The molecule has 98 valence electrons. The molecule has 0 saturated carbocycles. The summed E-state index contributed by atoms with van der Waals surface area (Å²) in [6.07, 6.45) is -2.06. The van der Waals surface area contributed by atoms with Crippen molar-refractivity contribution in [1.29, 1.82) is 0 Å². The molecule has 2 heterocycles. The van der Waals surface area contributed by atoms with Gasteiger partial charge in [-0.15, -0.1) is 0 Å². The molecule has 0 radical (unpaired) electrons. The van der Waals surface area contributed by atoms with Crippen molar-refractivity contribution in [3.05, 3.63) is 44.8 Å². The normalized spacial score (nSPS) is 23.3. The molecule has 1 aliphatic rings. The first-order valence-corrected chi connectivity index (χ1v) is 5.53. The van der Waals surface area contributed by atoms with Crippen LogP contribution in [0, 0.1) is 13.8 Å². The fraction of sp³-hybridized carbons (Fsp3) is 0.417. The molecule has 0 aliphatic carbocycles. The quantitative estimate of drug-likeness (QED) is 0.602. The molecular weight excluding hydrogens is 238 g/mol. The summed E-state index contributed by atoms with van der Waals surface area (Å²) in [5.41, 5.74) is 1.42. The lowest BCUT2D eigenvalue weighted by Crippen LogP contribution is -2.21. The van der Waals surface area contributed by atoms with Gasteiger partial charge in [0.1, 0.15) is 6.61 Å². The van der Waals surface area contributed by atoms with Crippen molar-refractivity contribution in [2.75, 3.05) is 6.61 Å². The van der Waals surface area contributed by atoms with Crippen molar-refractivity contribution in [3.8, 4) is 0 Å². The minimum Gasteiger partial charge on any atom is -0.506 e. The van der Waals surface area contributed by atoms with Crippen LogP contribution in [0.4, 0.5) is 0 Å². The summed E-state index contributed by atoms with van der Waals surface area (Å²) < 4.78 is 5.30. The number of aliphatic hydroxyl groups excluding tert-OH is 3. The monoisotopic (exact) mass is 253 g/mol. The van der Waals surface area contributed by atoms with Crippen LogP contribution in [-0.4, -0.2) is 33.0 Å². The van der Waals surface area contributed by atoms with E-state index in [1.807, 2.05) is 0 Å². The predicted octanol–water partition coefficient (Wildman–Crippen LogP) is 0.186. The number of H-pyrrole nitrogens is 1. The average Bonchev–Trinajstić information content (AvgIpc) is 2.61. The van der Waals surface area contributed by atoms with Crippen molar-refractivity contribution in [2.24, 2.45) is 0 Å². The van der Waals surface area contributed by atoms with Crippen LogP contribution in [0.1, 0.15) is 22.9 Å². The summed E-state index contributed by atoms with van der Waals surface area (Å²) in [7, 11) is 0. The first kappa shape index (κ1) is 12.7. The number of aliphatic hydroxyl groups is 3. The Balaban J connectivity index is 2.41. The van der Waals surface area contributed by atoms with E-state index >= 15 is 0 Å². The number of aromatic amines is 1. The van der Waals surface area contributed by atoms with Crippen LogP contribution in [0.5, 0.6) is 0 Å². The molecule has 2 atom stereocenters. The molecule has 2 rings (SSSR count). The van der Waals surface area contributed by atoms with E-state index in [0.29, 0.717) is 16.8 Å². The second-order valence-corrected chi connectivity index (χ2v) is 4.31. The Bertz CT molecular complexity index is 560. The Morgan fingerprint density at radius 3 is 2.67 bits per heavy atom. The highest BCUT2D eigenvalue weighted by Gasteiger charge is 2.37. The molecule has 0 saturated heterocycles. The molecule has 18 heavy (non-hydrogen) atoms. The Morgan fingerprint density at radius 1 is 1.44 bits per heavy atom. The van der Waals surface area contributed by atoms with Gasteiger partial charge in [0.15, 0.2) is 23.7 Å². The summed E-state index contributed by atoms with van der Waals surface area (Å²) in [5, 5.41) is 28.4.